The number of halogens is 2. The lowest BCUT2D eigenvalue weighted by Gasteiger charge is -2.16. The summed E-state index contributed by atoms with van der Waals surface area (Å²) >= 11 is 1.27. The fraction of sp³-hybridized carbons (Fsp3) is 0.261. The van der Waals surface area contributed by atoms with Gasteiger partial charge in [0.1, 0.15) is 0 Å². The van der Waals surface area contributed by atoms with Gasteiger partial charge in [0.15, 0.2) is 16.8 Å². The van der Waals surface area contributed by atoms with E-state index in [1.165, 1.54) is 17.4 Å². The number of aromatic nitrogens is 1. The number of amides is 2. The molecule has 0 saturated carbocycles. The van der Waals surface area contributed by atoms with Crippen molar-refractivity contribution in [1.82, 2.24) is 9.88 Å². The summed E-state index contributed by atoms with van der Waals surface area (Å²) in [6, 6.07) is 11.7. The average molecular weight is 442 g/mol. The van der Waals surface area contributed by atoms with Gasteiger partial charge in [-0.3, -0.25) is 9.59 Å². The van der Waals surface area contributed by atoms with Gasteiger partial charge in [0.2, 0.25) is 11.8 Å². The van der Waals surface area contributed by atoms with Gasteiger partial charge in [-0.15, -0.1) is 11.3 Å². The topological polar surface area (TPSA) is 62.3 Å². The molecule has 1 aromatic heterocycles. The Hall–Kier alpha value is -3.13. The summed E-state index contributed by atoms with van der Waals surface area (Å²) in [5.41, 5.74) is 2.80. The zero-order valence-electron chi connectivity index (χ0n) is 16.9. The van der Waals surface area contributed by atoms with Gasteiger partial charge in [0, 0.05) is 37.0 Å². The highest BCUT2D eigenvalue weighted by Crippen LogP contribution is 2.25. The first-order chi connectivity index (χ1) is 14.9. The number of aryl methyl sites for hydroxylation is 1. The van der Waals surface area contributed by atoms with Crippen molar-refractivity contribution in [2.75, 3.05) is 11.9 Å². The Balaban J connectivity index is 1.33. The standard InChI is InChI=1S/C23H21F2N3O2S/c1-14-2-4-15(5-3-14)12-28-13-17(10-21(28)29)22(30)27-23-26-11-18(31-23)8-16-6-7-19(24)20(25)9-16/h2-7,9,11,17H,8,10,12-13H2,1H3,(H,26,27,30). The predicted octanol–water partition coefficient (Wildman–Crippen LogP) is 4.31. The molecule has 1 N–H and O–H groups in total. The van der Waals surface area contributed by atoms with Crippen LogP contribution in [0.15, 0.2) is 48.7 Å². The fourth-order valence-corrected chi connectivity index (χ4v) is 4.37. The van der Waals surface area contributed by atoms with Crippen LogP contribution in [0.4, 0.5) is 13.9 Å². The van der Waals surface area contributed by atoms with E-state index >= 15 is 0 Å². The second-order valence-corrected chi connectivity index (χ2v) is 8.82. The van der Waals surface area contributed by atoms with Crippen molar-refractivity contribution >= 4 is 28.3 Å². The molecule has 0 bridgehead atoms. The van der Waals surface area contributed by atoms with Crippen LogP contribution in [-0.4, -0.2) is 28.2 Å². The van der Waals surface area contributed by atoms with E-state index in [1.807, 2.05) is 31.2 Å². The number of benzene rings is 2. The van der Waals surface area contributed by atoms with Crippen LogP contribution in [0.3, 0.4) is 0 Å². The number of anilines is 1. The minimum Gasteiger partial charge on any atom is -0.338 e. The third-order valence-corrected chi connectivity index (χ3v) is 6.14. The molecule has 31 heavy (non-hydrogen) atoms. The van der Waals surface area contributed by atoms with Crippen LogP contribution in [0.2, 0.25) is 0 Å². The molecule has 1 aliphatic heterocycles. The number of rotatable bonds is 6. The Morgan fingerprint density at radius 3 is 2.65 bits per heavy atom. The van der Waals surface area contributed by atoms with E-state index in [0.29, 0.717) is 30.2 Å². The molecule has 1 atom stereocenters. The van der Waals surface area contributed by atoms with Crippen molar-refractivity contribution in [2.24, 2.45) is 5.92 Å². The summed E-state index contributed by atoms with van der Waals surface area (Å²) in [4.78, 5) is 31.7. The third kappa shape index (κ3) is 5.14. The number of thiazole rings is 1. The molecule has 4 rings (SSSR count). The summed E-state index contributed by atoms with van der Waals surface area (Å²) < 4.78 is 26.4. The average Bonchev–Trinajstić information content (AvgIpc) is 3.33. The van der Waals surface area contributed by atoms with Crippen LogP contribution >= 0.6 is 11.3 Å². The first-order valence-electron chi connectivity index (χ1n) is 9.90. The lowest BCUT2D eigenvalue weighted by molar-refractivity contribution is -0.128. The molecule has 160 valence electrons. The molecule has 0 aliphatic carbocycles. The van der Waals surface area contributed by atoms with Crippen molar-refractivity contribution in [2.45, 2.75) is 26.3 Å². The molecule has 5 nitrogen and oxygen atoms in total. The minimum absolute atomic E-state index is 0.0427. The monoisotopic (exact) mass is 441 g/mol. The normalized spacial score (nSPS) is 16.0. The van der Waals surface area contributed by atoms with E-state index < -0.39 is 17.6 Å². The maximum atomic E-state index is 13.4. The van der Waals surface area contributed by atoms with Crippen LogP contribution in [0, 0.1) is 24.5 Å². The molecule has 0 spiro atoms. The van der Waals surface area contributed by atoms with Gasteiger partial charge >= 0.3 is 0 Å². The van der Waals surface area contributed by atoms with Crippen molar-refractivity contribution < 1.29 is 18.4 Å². The molecule has 1 aliphatic rings. The molecule has 1 saturated heterocycles. The van der Waals surface area contributed by atoms with Gasteiger partial charge in [-0.1, -0.05) is 35.9 Å². The molecular formula is C23H21F2N3O2S. The molecule has 0 radical (unpaired) electrons. The van der Waals surface area contributed by atoms with Gasteiger partial charge in [0.05, 0.1) is 5.92 Å². The van der Waals surface area contributed by atoms with E-state index in [1.54, 1.807) is 11.1 Å². The molecule has 1 fully saturated rings. The number of nitrogens with one attached hydrogen (secondary N) is 1. The van der Waals surface area contributed by atoms with Gasteiger partial charge in [-0.05, 0) is 30.2 Å². The van der Waals surface area contributed by atoms with Crippen LogP contribution < -0.4 is 5.32 Å². The predicted molar refractivity (Wildman–Crippen MR) is 115 cm³/mol. The van der Waals surface area contributed by atoms with Crippen LogP contribution in [0.5, 0.6) is 0 Å². The van der Waals surface area contributed by atoms with Crippen molar-refractivity contribution in [1.29, 1.82) is 0 Å². The van der Waals surface area contributed by atoms with E-state index in [9.17, 15) is 18.4 Å². The fourth-order valence-electron chi connectivity index (χ4n) is 3.52. The lowest BCUT2D eigenvalue weighted by atomic mass is 10.1. The van der Waals surface area contributed by atoms with Crippen molar-refractivity contribution in [3.05, 3.63) is 81.9 Å². The quantitative estimate of drug-likeness (QED) is 0.620. The minimum atomic E-state index is -0.892. The second-order valence-electron chi connectivity index (χ2n) is 7.71. The Kier molecular flexibility index (Phi) is 6.08. The number of carbonyl (C=O) groups is 2. The SMILES string of the molecule is Cc1ccc(CN2CC(C(=O)Nc3ncc(Cc4ccc(F)c(F)c4)s3)CC2=O)cc1. The van der Waals surface area contributed by atoms with E-state index in [0.717, 1.165) is 28.1 Å². The smallest absolute Gasteiger partial charge is 0.231 e. The Morgan fingerprint density at radius 1 is 1.16 bits per heavy atom. The first-order valence-corrected chi connectivity index (χ1v) is 10.7. The molecule has 1 unspecified atom stereocenters. The zero-order valence-corrected chi connectivity index (χ0v) is 17.7. The molecule has 3 aromatic rings. The maximum Gasteiger partial charge on any atom is 0.231 e. The Bertz CT molecular complexity index is 1110. The highest BCUT2D eigenvalue weighted by molar-refractivity contribution is 7.15. The van der Waals surface area contributed by atoms with Crippen LogP contribution in [-0.2, 0) is 22.6 Å². The van der Waals surface area contributed by atoms with E-state index in [2.05, 4.69) is 10.3 Å². The summed E-state index contributed by atoms with van der Waals surface area (Å²) in [7, 11) is 0. The van der Waals surface area contributed by atoms with Crippen molar-refractivity contribution in [3.63, 3.8) is 0 Å². The lowest BCUT2D eigenvalue weighted by Crippen LogP contribution is -2.28. The molecule has 2 heterocycles. The number of likely N-dealkylation sites (tertiary alicyclic amines) is 1. The maximum absolute atomic E-state index is 13.4. The highest BCUT2D eigenvalue weighted by Gasteiger charge is 2.34. The summed E-state index contributed by atoms with van der Waals surface area (Å²) in [5, 5.41) is 3.20. The number of hydrogen-bond acceptors (Lipinski definition) is 4. The van der Waals surface area contributed by atoms with Crippen LogP contribution in [0.1, 0.15) is 28.0 Å². The first kappa shape index (κ1) is 21.1. The summed E-state index contributed by atoms with van der Waals surface area (Å²) in [5.74, 6) is -2.50. The molecule has 8 heteroatoms. The summed E-state index contributed by atoms with van der Waals surface area (Å²) in [6.45, 7) is 2.86. The van der Waals surface area contributed by atoms with E-state index in [4.69, 9.17) is 0 Å². The Labute approximate surface area is 182 Å². The van der Waals surface area contributed by atoms with Gasteiger partial charge in [-0.25, -0.2) is 13.8 Å². The van der Waals surface area contributed by atoms with Gasteiger partial charge < -0.3 is 10.2 Å². The van der Waals surface area contributed by atoms with Gasteiger partial charge in [0.25, 0.3) is 0 Å². The highest BCUT2D eigenvalue weighted by atomic mass is 32.1. The van der Waals surface area contributed by atoms with Crippen LogP contribution in [0.25, 0.3) is 0 Å². The Morgan fingerprint density at radius 2 is 1.90 bits per heavy atom. The summed E-state index contributed by atoms with van der Waals surface area (Å²) in [6.07, 6.45) is 2.16. The van der Waals surface area contributed by atoms with Gasteiger partial charge in [-0.2, -0.15) is 0 Å². The van der Waals surface area contributed by atoms with E-state index in [-0.39, 0.29) is 18.2 Å². The number of carbonyl (C=O) groups excluding carboxylic acids is 2. The zero-order chi connectivity index (χ0) is 22.0. The second kappa shape index (κ2) is 8.93. The third-order valence-electron chi connectivity index (χ3n) is 5.23. The molecule has 2 amide bonds. The molecule has 2 aromatic carbocycles. The number of nitrogens with zero attached hydrogens (tertiary/aromatic N) is 2. The van der Waals surface area contributed by atoms with Crippen molar-refractivity contribution in [3.8, 4) is 0 Å². The molecular weight excluding hydrogens is 420 g/mol. The number of hydrogen-bond donors (Lipinski definition) is 1. The largest absolute Gasteiger partial charge is 0.338 e.